The van der Waals surface area contributed by atoms with E-state index < -0.39 is 0 Å². The van der Waals surface area contributed by atoms with Crippen molar-refractivity contribution in [3.8, 4) is 11.5 Å². The molecule has 8 nitrogen and oxygen atoms in total. The second-order valence-electron chi connectivity index (χ2n) is 7.43. The number of nitrogens with one attached hydrogen (secondary N) is 2. The maximum absolute atomic E-state index is 12.9. The van der Waals surface area contributed by atoms with Crippen LogP contribution in [-0.4, -0.2) is 52.5 Å². The summed E-state index contributed by atoms with van der Waals surface area (Å²) in [4.78, 5) is 25.8. The number of ether oxygens (including phenoxy) is 4. The van der Waals surface area contributed by atoms with Crippen molar-refractivity contribution in [1.82, 2.24) is 0 Å². The number of halogens is 2. The van der Waals surface area contributed by atoms with Crippen LogP contribution in [0.25, 0.3) is 0 Å². The first-order valence-electron chi connectivity index (χ1n) is 11.0. The SMILES string of the molecule is COCCOc1ccc(C(=O)Nc2ccccc2NC(=O)c2ccc(OCCOC)c(Br)c2)cc1Br. The first kappa shape index (κ1) is 27.7. The second kappa shape index (κ2) is 14.0. The average Bonchev–Trinajstić information content (AvgIpc) is 2.87. The lowest BCUT2D eigenvalue weighted by atomic mass is 10.1. The second-order valence-corrected chi connectivity index (χ2v) is 9.14. The third-order valence-electron chi connectivity index (χ3n) is 4.90. The molecule has 0 saturated heterocycles. The summed E-state index contributed by atoms with van der Waals surface area (Å²) in [6, 6.07) is 17.1. The predicted octanol–water partition coefficient (Wildman–Crippen LogP) is 5.77. The Morgan fingerprint density at radius 2 is 1.08 bits per heavy atom. The Morgan fingerprint density at radius 1 is 0.667 bits per heavy atom. The summed E-state index contributed by atoms with van der Waals surface area (Å²) in [6.45, 7) is 1.71. The summed E-state index contributed by atoms with van der Waals surface area (Å²) in [5, 5.41) is 5.71. The van der Waals surface area contributed by atoms with Gasteiger partial charge in [-0.25, -0.2) is 0 Å². The number of carbonyl (C=O) groups is 2. The summed E-state index contributed by atoms with van der Waals surface area (Å²) in [6.07, 6.45) is 0. The third kappa shape index (κ3) is 7.79. The molecule has 0 aliphatic heterocycles. The lowest BCUT2D eigenvalue weighted by Crippen LogP contribution is -2.17. The summed E-state index contributed by atoms with van der Waals surface area (Å²) in [5.74, 6) is 0.553. The molecular weight excluding hydrogens is 596 g/mol. The van der Waals surface area contributed by atoms with Gasteiger partial charge in [0.05, 0.1) is 33.5 Å². The van der Waals surface area contributed by atoms with Gasteiger partial charge < -0.3 is 29.6 Å². The minimum Gasteiger partial charge on any atom is -0.490 e. The highest BCUT2D eigenvalue weighted by Gasteiger charge is 2.15. The lowest BCUT2D eigenvalue weighted by molar-refractivity contribution is 0.101. The van der Waals surface area contributed by atoms with Crippen molar-refractivity contribution in [3.05, 3.63) is 80.7 Å². The van der Waals surface area contributed by atoms with E-state index in [-0.39, 0.29) is 11.8 Å². The average molecular weight is 622 g/mol. The van der Waals surface area contributed by atoms with Gasteiger partial charge in [-0.2, -0.15) is 0 Å². The predicted molar refractivity (Wildman–Crippen MR) is 145 cm³/mol. The Morgan fingerprint density at radius 3 is 1.44 bits per heavy atom. The largest absolute Gasteiger partial charge is 0.490 e. The number of hydrogen-bond acceptors (Lipinski definition) is 6. The van der Waals surface area contributed by atoms with Gasteiger partial charge in [0.15, 0.2) is 0 Å². The van der Waals surface area contributed by atoms with Crippen LogP contribution in [0.5, 0.6) is 11.5 Å². The molecule has 0 aliphatic rings. The summed E-state index contributed by atoms with van der Waals surface area (Å²) in [7, 11) is 3.20. The topological polar surface area (TPSA) is 95.1 Å². The molecule has 0 radical (unpaired) electrons. The van der Waals surface area contributed by atoms with Crippen molar-refractivity contribution >= 4 is 55.0 Å². The molecule has 3 aromatic rings. The number of hydrogen-bond donors (Lipinski definition) is 2. The Bertz CT molecular complexity index is 1110. The first-order chi connectivity index (χ1) is 17.4. The highest BCUT2D eigenvalue weighted by Crippen LogP contribution is 2.29. The van der Waals surface area contributed by atoms with Gasteiger partial charge in [-0.15, -0.1) is 0 Å². The fourth-order valence-corrected chi connectivity index (χ4v) is 4.06. The standard InChI is InChI=1S/C26H26Br2N2O6/c1-33-11-13-35-23-9-7-17(15-19(23)27)25(31)29-21-5-3-4-6-22(21)30-26(32)18-8-10-24(20(28)16-18)36-14-12-34-2/h3-10,15-16H,11-14H2,1-2H3,(H,29,31)(H,30,32). The van der Waals surface area contributed by atoms with Crippen molar-refractivity contribution in [1.29, 1.82) is 0 Å². The van der Waals surface area contributed by atoms with Crippen LogP contribution in [0.1, 0.15) is 20.7 Å². The van der Waals surface area contributed by atoms with Gasteiger partial charge in [0.1, 0.15) is 24.7 Å². The monoisotopic (exact) mass is 620 g/mol. The van der Waals surface area contributed by atoms with Crippen molar-refractivity contribution < 1.29 is 28.5 Å². The molecule has 0 aromatic heterocycles. The van der Waals surface area contributed by atoms with Gasteiger partial charge in [0.2, 0.25) is 0 Å². The van der Waals surface area contributed by atoms with Gasteiger partial charge >= 0.3 is 0 Å². The van der Waals surface area contributed by atoms with Crippen LogP contribution in [0.2, 0.25) is 0 Å². The number of methoxy groups -OCH3 is 2. The summed E-state index contributed by atoms with van der Waals surface area (Å²) >= 11 is 6.87. The Labute approximate surface area is 226 Å². The number of anilines is 2. The quantitative estimate of drug-likeness (QED) is 0.250. The molecular formula is C26H26Br2N2O6. The number of carbonyl (C=O) groups excluding carboxylic acids is 2. The minimum atomic E-state index is -0.332. The van der Waals surface area contributed by atoms with Gasteiger partial charge in [-0.05, 0) is 80.4 Å². The molecule has 3 aromatic carbocycles. The molecule has 0 spiro atoms. The highest BCUT2D eigenvalue weighted by atomic mass is 79.9. The molecule has 0 saturated carbocycles. The van der Waals surface area contributed by atoms with E-state index in [9.17, 15) is 9.59 Å². The number of benzene rings is 3. The van der Waals surface area contributed by atoms with E-state index in [1.54, 1.807) is 74.9 Å². The van der Waals surface area contributed by atoms with Crippen molar-refractivity contribution in [2.24, 2.45) is 0 Å². The number of amides is 2. The van der Waals surface area contributed by atoms with Crippen LogP contribution in [0.4, 0.5) is 11.4 Å². The fourth-order valence-electron chi connectivity index (χ4n) is 3.08. The van der Waals surface area contributed by atoms with Crippen molar-refractivity contribution in [2.75, 3.05) is 51.3 Å². The molecule has 0 unspecified atom stereocenters. The molecule has 10 heteroatoms. The van der Waals surface area contributed by atoms with Crippen molar-refractivity contribution in [3.63, 3.8) is 0 Å². The zero-order valence-electron chi connectivity index (χ0n) is 19.8. The first-order valence-corrected chi connectivity index (χ1v) is 12.6. The van der Waals surface area contributed by atoms with Crippen LogP contribution in [0, 0.1) is 0 Å². The zero-order valence-corrected chi connectivity index (χ0v) is 23.0. The molecule has 0 bridgehead atoms. The molecule has 0 fully saturated rings. The summed E-state index contributed by atoms with van der Waals surface area (Å²) < 4.78 is 22.5. The van der Waals surface area contributed by atoms with Gasteiger partial charge in [-0.3, -0.25) is 9.59 Å². The van der Waals surface area contributed by atoms with E-state index in [4.69, 9.17) is 18.9 Å². The molecule has 0 heterocycles. The van der Waals surface area contributed by atoms with E-state index in [1.807, 2.05) is 0 Å². The van der Waals surface area contributed by atoms with E-state index in [1.165, 1.54) is 0 Å². The van der Waals surface area contributed by atoms with Crippen LogP contribution < -0.4 is 20.1 Å². The molecule has 190 valence electrons. The molecule has 3 rings (SSSR count). The van der Waals surface area contributed by atoms with Crippen molar-refractivity contribution in [2.45, 2.75) is 0 Å². The smallest absolute Gasteiger partial charge is 0.255 e. The molecule has 2 amide bonds. The van der Waals surface area contributed by atoms with Crippen LogP contribution >= 0.6 is 31.9 Å². The van der Waals surface area contributed by atoms with E-state index in [2.05, 4.69) is 42.5 Å². The van der Waals surface area contributed by atoms with Gasteiger partial charge in [0.25, 0.3) is 11.8 Å². The molecule has 2 N–H and O–H groups in total. The van der Waals surface area contributed by atoms with E-state index in [0.717, 1.165) is 0 Å². The summed E-state index contributed by atoms with van der Waals surface area (Å²) in [5.41, 5.74) is 1.78. The normalized spacial score (nSPS) is 10.6. The lowest BCUT2D eigenvalue weighted by Gasteiger charge is -2.14. The third-order valence-corrected chi connectivity index (χ3v) is 6.14. The molecule has 0 atom stereocenters. The van der Waals surface area contributed by atoms with Gasteiger partial charge in [0, 0.05) is 25.3 Å². The van der Waals surface area contributed by atoms with E-state index in [0.29, 0.717) is 69.4 Å². The zero-order chi connectivity index (χ0) is 25.9. The van der Waals surface area contributed by atoms with Crippen LogP contribution in [0.15, 0.2) is 69.6 Å². The van der Waals surface area contributed by atoms with Gasteiger partial charge in [-0.1, -0.05) is 12.1 Å². The van der Waals surface area contributed by atoms with E-state index >= 15 is 0 Å². The highest BCUT2D eigenvalue weighted by molar-refractivity contribution is 9.10. The maximum atomic E-state index is 12.9. The minimum absolute atomic E-state index is 0.332. The molecule has 0 aliphatic carbocycles. The number of rotatable bonds is 12. The maximum Gasteiger partial charge on any atom is 0.255 e. The Hall–Kier alpha value is -2.92. The molecule has 36 heavy (non-hydrogen) atoms. The Kier molecular flexibility index (Phi) is 10.7. The fraction of sp³-hybridized carbons (Fsp3) is 0.231. The Balaban J connectivity index is 1.68. The van der Waals surface area contributed by atoms with Crippen LogP contribution in [0.3, 0.4) is 0 Å². The van der Waals surface area contributed by atoms with Crippen LogP contribution in [-0.2, 0) is 9.47 Å². The number of para-hydroxylation sites is 2.